The first-order valence-electron chi connectivity index (χ1n) is 9.33. The second kappa shape index (κ2) is 10.4. The van der Waals surface area contributed by atoms with Crippen molar-refractivity contribution in [2.75, 3.05) is 10.6 Å². The maximum atomic E-state index is 12.5. The zero-order chi connectivity index (χ0) is 22.2. The van der Waals surface area contributed by atoms with E-state index in [1.54, 1.807) is 48.5 Å². The van der Waals surface area contributed by atoms with Gasteiger partial charge in [0.05, 0.1) is 0 Å². The van der Waals surface area contributed by atoms with Crippen LogP contribution in [0.3, 0.4) is 0 Å². The first kappa shape index (κ1) is 22.0. The Hall–Kier alpha value is -3.71. The van der Waals surface area contributed by atoms with E-state index in [-0.39, 0.29) is 11.8 Å². The highest BCUT2D eigenvalue weighted by molar-refractivity contribution is 9.10. The van der Waals surface area contributed by atoms with E-state index in [4.69, 9.17) is 4.74 Å². The topological polar surface area (TPSA) is 84.5 Å². The molecule has 31 heavy (non-hydrogen) atoms. The number of halogens is 1. The summed E-state index contributed by atoms with van der Waals surface area (Å²) in [5.74, 6) is -0.831. The second-order valence-corrected chi connectivity index (χ2v) is 7.45. The van der Waals surface area contributed by atoms with Gasteiger partial charge in [0.2, 0.25) is 5.91 Å². The van der Waals surface area contributed by atoms with E-state index in [1.165, 1.54) is 19.1 Å². The van der Waals surface area contributed by atoms with Gasteiger partial charge in [-0.1, -0.05) is 40.2 Å². The fraction of sp³-hybridized carbons (Fsp3) is 0.0417. The molecule has 3 aromatic rings. The van der Waals surface area contributed by atoms with Crippen molar-refractivity contribution in [2.24, 2.45) is 0 Å². The number of hydrogen-bond donors (Lipinski definition) is 2. The van der Waals surface area contributed by atoms with Gasteiger partial charge in [-0.15, -0.1) is 0 Å². The van der Waals surface area contributed by atoms with Crippen molar-refractivity contribution in [3.8, 4) is 5.75 Å². The minimum absolute atomic E-state index is 0.290. The summed E-state index contributed by atoms with van der Waals surface area (Å²) in [5, 5.41) is 5.53. The molecule has 3 rings (SSSR count). The number of anilines is 2. The van der Waals surface area contributed by atoms with Crippen molar-refractivity contribution in [3.05, 3.63) is 94.5 Å². The summed E-state index contributed by atoms with van der Waals surface area (Å²) >= 11 is 3.37. The molecule has 2 N–H and O–H groups in total. The second-order valence-electron chi connectivity index (χ2n) is 6.53. The van der Waals surface area contributed by atoms with Crippen molar-refractivity contribution in [3.63, 3.8) is 0 Å². The monoisotopic (exact) mass is 478 g/mol. The first-order valence-corrected chi connectivity index (χ1v) is 10.1. The van der Waals surface area contributed by atoms with Crippen LogP contribution < -0.4 is 15.4 Å². The van der Waals surface area contributed by atoms with E-state index in [9.17, 15) is 14.4 Å². The van der Waals surface area contributed by atoms with Crippen molar-refractivity contribution < 1.29 is 19.1 Å². The van der Waals surface area contributed by atoms with Crippen molar-refractivity contribution >= 4 is 51.2 Å². The quantitative estimate of drug-likeness (QED) is 0.286. The summed E-state index contributed by atoms with van der Waals surface area (Å²) in [6.45, 7) is 1.29. The van der Waals surface area contributed by atoms with E-state index in [0.29, 0.717) is 22.7 Å². The number of esters is 1. The van der Waals surface area contributed by atoms with E-state index in [1.807, 2.05) is 24.3 Å². The maximum Gasteiger partial charge on any atom is 0.308 e. The van der Waals surface area contributed by atoms with Crippen molar-refractivity contribution in [2.45, 2.75) is 6.92 Å². The van der Waals surface area contributed by atoms with Crippen LogP contribution in [0.1, 0.15) is 22.8 Å². The van der Waals surface area contributed by atoms with Crippen molar-refractivity contribution in [1.82, 2.24) is 0 Å². The van der Waals surface area contributed by atoms with Crippen LogP contribution in [0.25, 0.3) is 6.08 Å². The molecule has 0 fully saturated rings. The molecular weight excluding hydrogens is 460 g/mol. The molecular formula is C24H19BrN2O4. The lowest BCUT2D eigenvalue weighted by Crippen LogP contribution is -2.13. The molecule has 0 bridgehead atoms. The molecule has 6 nitrogen and oxygen atoms in total. The summed E-state index contributed by atoms with van der Waals surface area (Å²) in [6.07, 6.45) is 3.15. The highest BCUT2D eigenvalue weighted by Crippen LogP contribution is 2.19. The highest BCUT2D eigenvalue weighted by Gasteiger charge is 2.09. The number of carbonyl (C=O) groups excluding carboxylic acids is 3. The van der Waals surface area contributed by atoms with Gasteiger partial charge in [0.25, 0.3) is 5.91 Å². The molecule has 156 valence electrons. The smallest absolute Gasteiger partial charge is 0.308 e. The molecule has 0 aliphatic heterocycles. The molecule has 0 spiro atoms. The molecule has 0 radical (unpaired) electrons. The van der Waals surface area contributed by atoms with Gasteiger partial charge in [0.15, 0.2) is 0 Å². The van der Waals surface area contributed by atoms with Crippen LogP contribution in [0.15, 0.2) is 83.3 Å². The van der Waals surface area contributed by atoms with Gasteiger partial charge in [0, 0.05) is 34.4 Å². The summed E-state index contributed by atoms with van der Waals surface area (Å²) in [4.78, 5) is 35.8. The number of amides is 2. The average Bonchev–Trinajstić information content (AvgIpc) is 2.73. The Balaban J connectivity index is 1.63. The van der Waals surface area contributed by atoms with Crippen LogP contribution >= 0.6 is 15.9 Å². The standard InChI is InChI=1S/C24H19BrN2O4/c1-16(28)31-22-7-2-4-18(14-22)24(30)27-21-6-3-5-20(15-21)26-23(29)13-10-17-8-11-19(25)12-9-17/h2-15H,1H3,(H,26,29)(H,27,30)/b13-10+. The molecule has 0 aliphatic rings. The average molecular weight is 479 g/mol. The maximum absolute atomic E-state index is 12.5. The minimum atomic E-state index is -0.463. The highest BCUT2D eigenvalue weighted by atomic mass is 79.9. The van der Waals surface area contributed by atoms with Gasteiger partial charge in [-0.05, 0) is 60.2 Å². The Morgan fingerprint density at radius 2 is 1.55 bits per heavy atom. The molecule has 0 heterocycles. The summed E-state index contributed by atoms with van der Waals surface area (Å²) < 4.78 is 5.97. The number of benzene rings is 3. The Labute approximate surface area is 188 Å². The fourth-order valence-corrected chi connectivity index (χ4v) is 2.94. The van der Waals surface area contributed by atoms with E-state index < -0.39 is 5.97 Å². The largest absolute Gasteiger partial charge is 0.427 e. The fourth-order valence-electron chi connectivity index (χ4n) is 2.67. The number of nitrogens with one attached hydrogen (secondary N) is 2. The predicted molar refractivity (Wildman–Crippen MR) is 124 cm³/mol. The molecule has 0 saturated heterocycles. The lowest BCUT2D eigenvalue weighted by molar-refractivity contribution is -0.131. The normalized spacial score (nSPS) is 10.5. The van der Waals surface area contributed by atoms with Crippen molar-refractivity contribution in [1.29, 1.82) is 0 Å². The van der Waals surface area contributed by atoms with Gasteiger partial charge in [-0.2, -0.15) is 0 Å². The van der Waals surface area contributed by atoms with Gasteiger partial charge in [-0.25, -0.2) is 0 Å². The molecule has 0 atom stereocenters. The molecule has 0 unspecified atom stereocenters. The third-order valence-electron chi connectivity index (χ3n) is 4.04. The molecule has 7 heteroatoms. The number of hydrogen-bond acceptors (Lipinski definition) is 4. The lowest BCUT2D eigenvalue weighted by atomic mass is 10.2. The van der Waals surface area contributed by atoms with Crippen LogP contribution in [0, 0.1) is 0 Å². The summed E-state index contributed by atoms with van der Waals surface area (Å²) in [7, 11) is 0. The van der Waals surface area contributed by atoms with Crippen LogP contribution in [0.5, 0.6) is 5.75 Å². The Kier molecular flexibility index (Phi) is 7.35. The summed E-state index contributed by atoms with van der Waals surface area (Å²) in [5.41, 5.74) is 2.29. The Morgan fingerprint density at radius 1 is 0.871 bits per heavy atom. The van der Waals surface area contributed by atoms with Crippen LogP contribution in [0.2, 0.25) is 0 Å². The van der Waals surface area contributed by atoms with Crippen LogP contribution in [-0.4, -0.2) is 17.8 Å². The zero-order valence-electron chi connectivity index (χ0n) is 16.6. The zero-order valence-corrected chi connectivity index (χ0v) is 18.2. The number of carbonyl (C=O) groups is 3. The number of rotatable bonds is 6. The molecule has 0 aromatic heterocycles. The Bertz CT molecular complexity index is 1140. The molecule has 0 aliphatic carbocycles. The first-order chi connectivity index (χ1) is 14.9. The molecule has 3 aromatic carbocycles. The number of ether oxygens (including phenoxy) is 1. The van der Waals surface area contributed by atoms with E-state index in [0.717, 1.165) is 10.0 Å². The SMILES string of the molecule is CC(=O)Oc1cccc(C(=O)Nc2cccc(NC(=O)/C=C/c3ccc(Br)cc3)c2)c1. The van der Waals surface area contributed by atoms with E-state index in [2.05, 4.69) is 26.6 Å². The van der Waals surface area contributed by atoms with Crippen LogP contribution in [0.4, 0.5) is 11.4 Å². The molecule has 0 saturated carbocycles. The third kappa shape index (κ3) is 6.94. The van der Waals surface area contributed by atoms with Gasteiger partial charge in [0.1, 0.15) is 5.75 Å². The lowest BCUT2D eigenvalue weighted by Gasteiger charge is -2.09. The molecule has 2 amide bonds. The van der Waals surface area contributed by atoms with Crippen LogP contribution in [-0.2, 0) is 9.59 Å². The minimum Gasteiger partial charge on any atom is -0.427 e. The van der Waals surface area contributed by atoms with Gasteiger partial charge < -0.3 is 15.4 Å². The third-order valence-corrected chi connectivity index (χ3v) is 4.57. The van der Waals surface area contributed by atoms with Gasteiger partial charge >= 0.3 is 5.97 Å². The summed E-state index contributed by atoms with van der Waals surface area (Å²) in [6, 6.07) is 20.7. The van der Waals surface area contributed by atoms with E-state index >= 15 is 0 Å². The van der Waals surface area contributed by atoms with Gasteiger partial charge in [-0.3, -0.25) is 14.4 Å². The Morgan fingerprint density at radius 3 is 2.26 bits per heavy atom. The predicted octanol–water partition coefficient (Wildman–Crippen LogP) is 5.28.